The number of hydrogen-bond acceptors (Lipinski definition) is 6. The monoisotopic (exact) mass is 560 g/mol. The molecule has 1 aromatic heterocycles. The molecule has 5 rings (SSSR count). The molecule has 4 aromatic rings. The summed E-state index contributed by atoms with van der Waals surface area (Å²) < 4.78 is 39.5. The van der Waals surface area contributed by atoms with Gasteiger partial charge in [0.2, 0.25) is 21.2 Å². The Kier molecular flexibility index (Phi) is 8.04. The molecule has 0 spiro atoms. The summed E-state index contributed by atoms with van der Waals surface area (Å²) in [4.78, 5) is 26.4. The van der Waals surface area contributed by atoms with Crippen LogP contribution < -0.4 is 15.5 Å². The molecule has 0 atom stereocenters. The van der Waals surface area contributed by atoms with Crippen LogP contribution in [0.25, 0.3) is 22.3 Å². The van der Waals surface area contributed by atoms with Gasteiger partial charge < -0.3 is 14.5 Å². The summed E-state index contributed by atoms with van der Waals surface area (Å²) in [5.41, 5.74) is 3.09. The molecule has 1 fully saturated rings. The molecular formula is C31H32N2O6S. The van der Waals surface area contributed by atoms with Crippen molar-refractivity contribution in [1.29, 1.82) is 0 Å². The van der Waals surface area contributed by atoms with Gasteiger partial charge in [0, 0.05) is 24.3 Å². The van der Waals surface area contributed by atoms with Crippen LogP contribution in [-0.4, -0.2) is 38.3 Å². The second kappa shape index (κ2) is 11.7. The van der Waals surface area contributed by atoms with Crippen molar-refractivity contribution in [2.24, 2.45) is 0 Å². The predicted molar refractivity (Wildman–Crippen MR) is 155 cm³/mol. The third-order valence-corrected chi connectivity index (χ3v) is 9.10. The molecule has 1 aliphatic rings. The summed E-state index contributed by atoms with van der Waals surface area (Å²) in [6, 6.07) is 18.8. The molecular weight excluding hydrogens is 528 g/mol. The van der Waals surface area contributed by atoms with E-state index < -0.39 is 22.5 Å². The number of anilines is 1. The minimum atomic E-state index is -3.59. The number of amides is 1. The maximum absolute atomic E-state index is 13.5. The molecule has 0 saturated carbocycles. The van der Waals surface area contributed by atoms with Gasteiger partial charge in [-0.1, -0.05) is 43.2 Å². The first-order chi connectivity index (χ1) is 19.2. The van der Waals surface area contributed by atoms with Crippen LogP contribution in [0.3, 0.4) is 0 Å². The van der Waals surface area contributed by atoms with Gasteiger partial charge in [0.1, 0.15) is 5.58 Å². The smallest absolute Gasteiger partial charge is 0.262 e. The van der Waals surface area contributed by atoms with Crippen molar-refractivity contribution in [1.82, 2.24) is 4.31 Å². The molecule has 1 amide bonds. The van der Waals surface area contributed by atoms with Crippen LogP contribution in [-0.2, 0) is 14.8 Å². The van der Waals surface area contributed by atoms with Gasteiger partial charge in [-0.2, -0.15) is 4.31 Å². The standard InChI is InChI=1S/C31H32N2O6S/c1-21-18-26-27(19-22(21)2)39-30(23-10-6-5-7-11-23)31(29(26)35)38-20-28(34)32-24-12-14-25(15-13-24)40(36,37)33-16-8-3-4-9-17-33/h5-7,10-15,18-19H,3-4,8-9,16-17,20H2,1-2H3,(H,32,34). The van der Waals surface area contributed by atoms with E-state index in [1.165, 1.54) is 16.4 Å². The summed E-state index contributed by atoms with van der Waals surface area (Å²) in [5.74, 6) is -0.296. The number of rotatable bonds is 7. The van der Waals surface area contributed by atoms with E-state index >= 15 is 0 Å². The van der Waals surface area contributed by atoms with Gasteiger partial charge in [-0.25, -0.2) is 8.42 Å². The van der Waals surface area contributed by atoms with Crippen LogP contribution in [0.15, 0.2) is 80.8 Å². The van der Waals surface area contributed by atoms with Crippen molar-refractivity contribution in [2.75, 3.05) is 25.0 Å². The highest BCUT2D eigenvalue weighted by Crippen LogP contribution is 2.32. The number of nitrogens with zero attached hydrogens (tertiary/aromatic N) is 1. The Bertz CT molecular complexity index is 1690. The first-order valence-electron chi connectivity index (χ1n) is 13.4. The SMILES string of the molecule is Cc1cc2oc(-c3ccccc3)c(OCC(=O)Nc3ccc(S(=O)(=O)N4CCCCCC4)cc3)c(=O)c2cc1C. The summed E-state index contributed by atoms with van der Waals surface area (Å²) >= 11 is 0. The third-order valence-electron chi connectivity index (χ3n) is 7.19. The van der Waals surface area contributed by atoms with Crippen LogP contribution in [0.1, 0.15) is 36.8 Å². The minimum absolute atomic E-state index is 0.0454. The van der Waals surface area contributed by atoms with E-state index in [0.29, 0.717) is 35.3 Å². The molecule has 1 aliphatic heterocycles. The maximum Gasteiger partial charge on any atom is 0.262 e. The molecule has 1 N–H and O–H groups in total. The van der Waals surface area contributed by atoms with Gasteiger partial charge >= 0.3 is 0 Å². The average Bonchev–Trinajstić information content (AvgIpc) is 3.25. The normalized spacial score (nSPS) is 14.6. The zero-order valence-corrected chi connectivity index (χ0v) is 23.4. The topological polar surface area (TPSA) is 106 Å². The second-order valence-electron chi connectivity index (χ2n) is 10.1. The number of nitrogens with one attached hydrogen (secondary N) is 1. The lowest BCUT2D eigenvalue weighted by molar-refractivity contribution is -0.118. The first kappa shape index (κ1) is 27.6. The number of carbonyl (C=O) groups is 1. The second-order valence-corrected chi connectivity index (χ2v) is 12.0. The van der Waals surface area contributed by atoms with E-state index in [2.05, 4.69) is 5.32 Å². The van der Waals surface area contributed by atoms with E-state index in [1.807, 2.05) is 38.1 Å². The van der Waals surface area contributed by atoms with E-state index in [9.17, 15) is 18.0 Å². The highest BCUT2D eigenvalue weighted by atomic mass is 32.2. The summed E-state index contributed by atoms with van der Waals surface area (Å²) in [6.45, 7) is 4.46. The van der Waals surface area contributed by atoms with Crippen molar-refractivity contribution in [2.45, 2.75) is 44.4 Å². The molecule has 0 bridgehead atoms. The Balaban J connectivity index is 1.34. The van der Waals surface area contributed by atoms with Crippen molar-refractivity contribution in [3.05, 3.63) is 88.1 Å². The zero-order valence-electron chi connectivity index (χ0n) is 22.6. The van der Waals surface area contributed by atoms with Gasteiger partial charge in [-0.15, -0.1) is 0 Å². The van der Waals surface area contributed by atoms with Crippen molar-refractivity contribution < 1.29 is 22.4 Å². The fourth-order valence-electron chi connectivity index (χ4n) is 4.82. The maximum atomic E-state index is 13.5. The molecule has 8 nitrogen and oxygen atoms in total. The Morgan fingerprint density at radius 2 is 1.57 bits per heavy atom. The van der Waals surface area contributed by atoms with Gasteiger partial charge in [0.25, 0.3) is 5.91 Å². The number of aryl methyl sites for hydroxylation is 2. The van der Waals surface area contributed by atoms with E-state index in [0.717, 1.165) is 36.8 Å². The fourth-order valence-corrected chi connectivity index (χ4v) is 6.34. The van der Waals surface area contributed by atoms with Gasteiger partial charge in [-0.3, -0.25) is 9.59 Å². The van der Waals surface area contributed by atoms with Crippen LogP contribution >= 0.6 is 0 Å². The highest BCUT2D eigenvalue weighted by Gasteiger charge is 2.25. The van der Waals surface area contributed by atoms with Crippen LogP contribution in [0, 0.1) is 13.8 Å². The Labute approximate surface area is 233 Å². The van der Waals surface area contributed by atoms with E-state index in [-0.39, 0.29) is 21.8 Å². The molecule has 0 aliphatic carbocycles. The molecule has 2 heterocycles. The van der Waals surface area contributed by atoms with Crippen LogP contribution in [0.4, 0.5) is 5.69 Å². The van der Waals surface area contributed by atoms with E-state index in [1.54, 1.807) is 30.3 Å². The molecule has 3 aromatic carbocycles. The molecule has 208 valence electrons. The van der Waals surface area contributed by atoms with Crippen molar-refractivity contribution in [3.8, 4) is 17.1 Å². The van der Waals surface area contributed by atoms with Crippen LogP contribution in [0.5, 0.6) is 5.75 Å². The lowest BCUT2D eigenvalue weighted by Crippen LogP contribution is -2.31. The number of ether oxygens (including phenoxy) is 1. The summed E-state index contributed by atoms with van der Waals surface area (Å²) in [6.07, 6.45) is 3.78. The predicted octanol–water partition coefficient (Wildman–Crippen LogP) is 5.66. The highest BCUT2D eigenvalue weighted by molar-refractivity contribution is 7.89. The molecule has 0 radical (unpaired) electrons. The summed E-state index contributed by atoms with van der Waals surface area (Å²) in [7, 11) is -3.59. The third kappa shape index (κ3) is 5.80. The van der Waals surface area contributed by atoms with Gasteiger partial charge in [0.15, 0.2) is 12.4 Å². The lowest BCUT2D eigenvalue weighted by Gasteiger charge is -2.20. The molecule has 9 heteroatoms. The van der Waals surface area contributed by atoms with Crippen molar-refractivity contribution >= 4 is 32.6 Å². The zero-order chi connectivity index (χ0) is 28.3. The number of hydrogen-bond donors (Lipinski definition) is 1. The average molecular weight is 561 g/mol. The largest absolute Gasteiger partial charge is 0.476 e. The van der Waals surface area contributed by atoms with Gasteiger partial charge in [0.05, 0.1) is 10.3 Å². The van der Waals surface area contributed by atoms with Gasteiger partial charge in [-0.05, 0) is 74.2 Å². The number of fused-ring (bicyclic) bond motifs is 1. The quantitative estimate of drug-likeness (QED) is 0.313. The molecule has 1 saturated heterocycles. The fraction of sp³-hybridized carbons (Fsp3) is 0.290. The first-order valence-corrected chi connectivity index (χ1v) is 14.8. The molecule has 0 unspecified atom stereocenters. The Morgan fingerprint density at radius 1 is 0.925 bits per heavy atom. The van der Waals surface area contributed by atoms with E-state index in [4.69, 9.17) is 9.15 Å². The lowest BCUT2D eigenvalue weighted by atomic mass is 10.0. The molecule has 40 heavy (non-hydrogen) atoms. The Morgan fingerprint density at radius 3 is 2.25 bits per heavy atom. The summed E-state index contributed by atoms with van der Waals surface area (Å²) in [5, 5.41) is 3.08. The number of benzene rings is 3. The number of carbonyl (C=O) groups excluding carboxylic acids is 1. The van der Waals surface area contributed by atoms with Crippen molar-refractivity contribution in [3.63, 3.8) is 0 Å². The Hall–Kier alpha value is -3.95. The minimum Gasteiger partial charge on any atom is -0.476 e. The van der Waals surface area contributed by atoms with Crippen LogP contribution in [0.2, 0.25) is 0 Å². The number of sulfonamides is 1.